The number of carbonyl (C=O) groups excluding carboxylic acids is 5. The van der Waals surface area contributed by atoms with E-state index in [1.807, 2.05) is 41.2 Å². The molecular weight excluding hydrogens is 648 g/mol. The van der Waals surface area contributed by atoms with Gasteiger partial charge in [0, 0.05) is 45.0 Å². The number of amides is 5. The third-order valence-corrected chi connectivity index (χ3v) is 7.77. The van der Waals surface area contributed by atoms with Gasteiger partial charge in [0.25, 0.3) is 0 Å². The first-order chi connectivity index (χ1) is 23.7. The summed E-state index contributed by atoms with van der Waals surface area (Å²) >= 11 is 0. The smallest absolute Gasteiger partial charge is 0.410 e. The van der Waals surface area contributed by atoms with Crippen LogP contribution in [0, 0.1) is 5.92 Å². The Morgan fingerprint density at radius 1 is 1.02 bits per heavy atom. The van der Waals surface area contributed by atoms with E-state index in [0.29, 0.717) is 29.3 Å². The maximum absolute atomic E-state index is 13.1. The number of imidazole rings is 1. The molecule has 3 aromatic rings. The first kappa shape index (κ1) is 39.4. The van der Waals surface area contributed by atoms with Crippen LogP contribution in [-0.4, -0.2) is 94.1 Å². The fraction of sp³-hybridized carbons (Fsp3) is 0.545. The number of nitrogens with one attached hydrogen (secondary N) is 4. The number of fused-ring (bicyclic) bond motifs is 3. The third kappa shape index (κ3) is 11.0. The van der Waals surface area contributed by atoms with E-state index in [-0.39, 0.29) is 63.9 Å². The summed E-state index contributed by atoms with van der Waals surface area (Å²) in [4.78, 5) is 72.4. The minimum absolute atomic E-state index is 0.0387. The van der Waals surface area contributed by atoms with Crippen LogP contribution in [0.1, 0.15) is 59.7 Å². The molecule has 17 nitrogen and oxygen atoms in total. The monoisotopic (exact) mass is 698 g/mol. The van der Waals surface area contributed by atoms with Crippen LogP contribution in [0.5, 0.6) is 0 Å². The largest absolute Gasteiger partial charge is 0.441 e. The number of anilines is 1. The van der Waals surface area contributed by atoms with Crippen LogP contribution in [0.2, 0.25) is 0 Å². The van der Waals surface area contributed by atoms with Gasteiger partial charge in [-0.2, -0.15) is 0 Å². The number of hydrogen-bond donors (Lipinski definition) is 6. The molecule has 0 radical (unpaired) electrons. The summed E-state index contributed by atoms with van der Waals surface area (Å²) in [5.74, 6) is 3.91. The molecule has 17 heteroatoms. The van der Waals surface area contributed by atoms with Gasteiger partial charge >= 0.3 is 6.09 Å². The maximum Gasteiger partial charge on any atom is 0.410 e. The average molecular weight is 699 g/mol. The second-order valence-corrected chi connectivity index (χ2v) is 12.8. The number of pyridine rings is 1. The van der Waals surface area contributed by atoms with Gasteiger partial charge < -0.3 is 40.6 Å². The summed E-state index contributed by atoms with van der Waals surface area (Å²) in [7, 11) is 1.55. The van der Waals surface area contributed by atoms with Gasteiger partial charge in [0.1, 0.15) is 29.6 Å². The standard InChI is InChI=1S/C33H50N10O7/c1-7-49-18-23-39-28-29(21-11-8-9-12-22(21)38-30(28)34)43(23)19-33(4,5)50-32(48)42(6)16-15-36-26(46)17-37-31(47)27(20(2)3)40-24(44)13-10-14-25(45)41-35/h8-9,11-12,20,27H,7,10,13-19,35H2,1-6H3,(H2,34,38)(H,36,46)(H,37,47)(H,40,44)(H,41,45). The number of ether oxygens (including phenoxy) is 2. The van der Waals surface area contributed by atoms with Crippen molar-refractivity contribution in [3.05, 3.63) is 30.1 Å². The highest BCUT2D eigenvalue weighted by Crippen LogP contribution is 2.31. The van der Waals surface area contributed by atoms with Crippen LogP contribution < -0.4 is 33.0 Å². The van der Waals surface area contributed by atoms with Gasteiger partial charge in [0.15, 0.2) is 5.82 Å². The highest BCUT2D eigenvalue weighted by molar-refractivity contribution is 6.06. The predicted molar refractivity (Wildman–Crippen MR) is 187 cm³/mol. The van der Waals surface area contributed by atoms with Gasteiger partial charge in [0.2, 0.25) is 23.6 Å². The summed E-state index contributed by atoms with van der Waals surface area (Å²) in [5.41, 5.74) is 9.32. The average Bonchev–Trinajstić information content (AvgIpc) is 3.42. The van der Waals surface area contributed by atoms with Crippen LogP contribution in [0.4, 0.5) is 10.6 Å². The summed E-state index contributed by atoms with van der Waals surface area (Å²) in [6, 6.07) is 6.73. The fourth-order valence-electron chi connectivity index (χ4n) is 5.16. The second-order valence-electron chi connectivity index (χ2n) is 12.8. The summed E-state index contributed by atoms with van der Waals surface area (Å²) in [5, 5.41) is 8.69. The minimum atomic E-state index is -0.992. The highest BCUT2D eigenvalue weighted by Gasteiger charge is 2.29. The van der Waals surface area contributed by atoms with E-state index in [1.165, 1.54) is 4.90 Å². The molecule has 0 fully saturated rings. The third-order valence-electron chi connectivity index (χ3n) is 7.77. The Labute approximate surface area is 291 Å². The summed E-state index contributed by atoms with van der Waals surface area (Å²) in [6.07, 6.45) is -0.210. The first-order valence-electron chi connectivity index (χ1n) is 16.6. The van der Waals surface area contributed by atoms with Crippen molar-refractivity contribution >= 4 is 57.5 Å². The first-order valence-corrected chi connectivity index (χ1v) is 16.6. The van der Waals surface area contributed by atoms with E-state index in [1.54, 1.807) is 34.7 Å². The number of likely N-dealkylation sites (N-methyl/N-ethyl adjacent to an activating group) is 1. The molecule has 50 heavy (non-hydrogen) atoms. The van der Waals surface area contributed by atoms with E-state index in [4.69, 9.17) is 26.0 Å². The zero-order chi connectivity index (χ0) is 37.0. The number of rotatable bonds is 18. The van der Waals surface area contributed by atoms with Crippen molar-refractivity contribution in [3.8, 4) is 0 Å². The van der Waals surface area contributed by atoms with Crippen molar-refractivity contribution in [2.45, 2.75) is 78.7 Å². The molecule has 2 heterocycles. The van der Waals surface area contributed by atoms with Crippen molar-refractivity contribution < 1.29 is 33.4 Å². The quantitative estimate of drug-likeness (QED) is 0.0624. The molecule has 1 atom stereocenters. The van der Waals surface area contributed by atoms with Crippen LogP contribution in [0.25, 0.3) is 21.9 Å². The number of nitrogens with zero attached hydrogens (tertiary/aromatic N) is 4. The molecular formula is C33H50N10O7. The number of aromatic nitrogens is 3. The minimum Gasteiger partial charge on any atom is -0.441 e. The van der Waals surface area contributed by atoms with Crippen LogP contribution in [-0.2, 0) is 41.8 Å². The number of benzene rings is 1. The Kier molecular flexibility index (Phi) is 14.3. The molecule has 2 aromatic heterocycles. The molecule has 3 rings (SSSR count). The number of carbonyl (C=O) groups is 5. The molecule has 0 saturated heterocycles. The number of nitrogen functional groups attached to an aromatic ring is 1. The molecule has 8 N–H and O–H groups in total. The number of para-hydroxylation sites is 1. The highest BCUT2D eigenvalue weighted by atomic mass is 16.6. The van der Waals surface area contributed by atoms with Crippen molar-refractivity contribution in [2.75, 3.05) is 39.0 Å². The molecule has 0 aliphatic carbocycles. The Morgan fingerprint density at radius 3 is 2.40 bits per heavy atom. The van der Waals surface area contributed by atoms with Gasteiger partial charge in [-0.15, -0.1) is 0 Å². The van der Waals surface area contributed by atoms with Gasteiger partial charge in [0.05, 0.1) is 24.1 Å². The van der Waals surface area contributed by atoms with Crippen LogP contribution in [0.15, 0.2) is 24.3 Å². The van der Waals surface area contributed by atoms with E-state index >= 15 is 0 Å². The molecule has 274 valence electrons. The lowest BCUT2D eigenvalue weighted by Crippen LogP contribution is -2.51. The lowest BCUT2D eigenvalue weighted by Gasteiger charge is -2.29. The molecule has 0 aliphatic rings. The molecule has 0 spiro atoms. The SMILES string of the molecule is CCOCc1nc2c(N)nc3ccccc3c2n1CC(C)(C)OC(=O)N(C)CCNC(=O)CNC(=O)C(NC(=O)CCCC(=O)NN)C(C)C. The van der Waals surface area contributed by atoms with Crippen LogP contribution in [0.3, 0.4) is 0 Å². The Morgan fingerprint density at radius 2 is 1.72 bits per heavy atom. The number of hydrogen-bond acceptors (Lipinski definition) is 11. The Hall–Kier alpha value is -5.03. The Bertz CT molecular complexity index is 1670. The number of hydrazine groups is 1. The predicted octanol–water partition coefficient (Wildman–Crippen LogP) is 1.08. The van der Waals surface area contributed by atoms with Crippen molar-refractivity contribution in [1.29, 1.82) is 0 Å². The fourth-order valence-corrected chi connectivity index (χ4v) is 5.16. The van der Waals surface area contributed by atoms with Crippen molar-refractivity contribution in [3.63, 3.8) is 0 Å². The van der Waals surface area contributed by atoms with Gasteiger partial charge in [-0.3, -0.25) is 24.6 Å². The van der Waals surface area contributed by atoms with Gasteiger partial charge in [-0.05, 0) is 39.2 Å². The van der Waals surface area contributed by atoms with Crippen molar-refractivity contribution in [2.24, 2.45) is 11.8 Å². The normalized spacial score (nSPS) is 12.1. The summed E-state index contributed by atoms with van der Waals surface area (Å²) in [6.45, 7) is 9.87. The second kappa shape index (κ2) is 18.1. The van der Waals surface area contributed by atoms with E-state index < -0.39 is 35.5 Å². The lowest BCUT2D eigenvalue weighted by atomic mass is 10.0. The molecule has 0 saturated carbocycles. The summed E-state index contributed by atoms with van der Waals surface area (Å²) < 4.78 is 13.5. The van der Waals surface area contributed by atoms with E-state index in [9.17, 15) is 24.0 Å². The topological polar surface area (TPSA) is 238 Å². The maximum atomic E-state index is 13.1. The van der Waals surface area contributed by atoms with Gasteiger partial charge in [-0.1, -0.05) is 32.0 Å². The number of nitrogens with two attached hydrogens (primary N) is 2. The van der Waals surface area contributed by atoms with Crippen LogP contribution >= 0.6 is 0 Å². The molecule has 0 bridgehead atoms. The molecule has 5 amide bonds. The van der Waals surface area contributed by atoms with E-state index in [2.05, 4.69) is 20.9 Å². The van der Waals surface area contributed by atoms with Crippen molar-refractivity contribution in [1.82, 2.24) is 40.8 Å². The molecule has 0 aliphatic heterocycles. The zero-order valence-electron chi connectivity index (χ0n) is 29.6. The zero-order valence-corrected chi connectivity index (χ0v) is 29.6. The Balaban J connectivity index is 1.53. The van der Waals surface area contributed by atoms with Gasteiger partial charge in [-0.25, -0.2) is 20.6 Å². The lowest BCUT2D eigenvalue weighted by molar-refractivity contribution is -0.131. The molecule has 1 unspecified atom stereocenters. The molecule has 1 aromatic carbocycles. The van der Waals surface area contributed by atoms with E-state index in [0.717, 1.165) is 10.9 Å².